The fourth-order valence-corrected chi connectivity index (χ4v) is 2.03. The average molecular weight is 245 g/mol. The van der Waals surface area contributed by atoms with E-state index in [9.17, 15) is 4.79 Å². The van der Waals surface area contributed by atoms with Gasteiger partial charge in [-0.3, -0.25) is 4.79 Å². The van der Waals surface area contributed by atoms with Gasteiger partial charge in [0, 0.05) is 37.8 Å². The van der Waals surface area contributed by atoms with Gasteiger partial charge in [0.1, 0.15) is 0 Å². The Balaban J connectivity index is 1.82. The van der Waals surface area contributed by atoms with Gasteiger partial charge in [0.25, 0.3) is 0 Å². The maximum atomic E-state index is 11.2. The van der Waals surface area contributed by atoms with Crippen molar-refractivity contribution in [3.63, 3.8) is 0 Å². The van der Waals surface area contributed by atoms with E-state index in [1.54, 1.807) is 0 Å². The van der Waals surface area contributed by atoms with Gasteiger partial charge in [0.15, 0.2) is 0 Å². The maximum absolute atomic E-state index is 11.2. The summed E-state index contributed by atoms with van der Waals surface area (Å²) >= 11 is 0. The van der Waals surface area contributed by atoms with E-state index >= 15 is 0 Å². The van der Waals surface area contributed by atoms with E-state index in [4.69, 9.17) is 5.73 Å². The van der Waals surface area contributed by atoms with Crippen molar-refractivity contribution in [1.82, 2.24) is 9.88 Å². The molecule has 0 aliphatic rings. The van der Waals surface area contributed by atoms with Gasteiger partial charge in [-0.05, 0) is 23.9 Å². The third kappa shape index (κ3) is 3.11. The normalized spacial score (nSPS) is 10.7. The molecule has 0 saturated carbocycles. The highest BCUT2D eigenvalue weighted by atomic mass is 16.1. The summed E-state index contributed by atoms with van der Waals surface area (Å²) in [5.41, 5.74) is 6.55. The molecule has 2 aromatic rings. The van der Waals surface area contributed by atoms with Crippen molar-refractivity contribution < 1.29 is 4.79 Å². The molecule has 0 bridgehead atoms. The Morgan fingerprint density at radius 2 is 2.11 bits per heavy atom. The average Bonchev–Trinajstić information content (AvgIpc) is 2.78. The number of carbonyl (C=O) groups excluding carboxylic acids is 1. The smallest absolute Gasteiger partial charge is 0.221 e. The van der Waals surface area contributed by atoms with Gasteiger partial charge in [-0.2, -0.15) is 0 Å². The van der Waals surface area contributed by atoms with Crippen LogP contribution in [0.4, 0.5) is 0 Å². The standard InChI is InChI=1S/C14H19N3O/c15-8-6-14(18)16-9-3-10-17-11-7-12-4-1-2-5-13(12)17/h1-2,4-5,7,11H,3,6,8-10,15H2,(H,16,18). The van der Waals surface area contributed by atoms with Crippen LogP contribution in [0.3, 0.4) is 0 Å². The van der Waals surface area contributed by atoms with Crippen LogP contribution >= 0.6 is 0 Å². The summed E-state index contributed by atoms with van der Waals surface area (Å²) in [6.45, 7) is 2.02. The molecule has 2 rings (SSSR count). The summed E-state index contributed by atoms with van der Waals surface area (Å²) < 4.78 is 2.21. The predicted octanol–water partition coefficient (Wildman–Crippen LogP) is 1.50. The third-order valence-electron chi connectivity index (χ3n) is 2.95. The third-order valence-corrected chi connectivity index (χ3v) is 2.95. The fourth-order valence-electron chi connectivity index (χ4n) is 2.03. The van der Waals surface area contributed by atoms with Crippen molar-refractivity contribution in [2.75, 3.05) is 13.1 Å². The first-order chi connectivity index (χ1) is 8.81. The number of benzene rings is 1. The van der Waals surface area contributed by atoms with E-state index in [0.29, 0.717) is 19.5 Å². The van der Waals surface area contributed by atoms with Crippen LogP contribution < -0.4 is 11.1 Å². The highest BCUT2D eigenvalue weighted by Gasteiger charge is 2.01. The zero-order valence-corrected chi connectivity index (χ0v) is 10.4. The van der Waals surface area contributed by atoms with E-state index in [0.717, 1.165) is 13.0 Å². The molecule has 0 fully saturated rings. The largest absolute Gasteiger partial charge is 0.356 e. The Morgan fingerprint density at radius 3 is 2.94 bits per heavy atom. The molecule has 1 heterocycles. The van der Waals surface area contributed by atoms with E-state index in [2.05, 4.69) is 34.3 Å². The quantitative estimate of drug-likeness (QED) is 0.758. The lowest BCUT2D eigenvalue weighted by Gasteiger charge is -2.06. The zero-order valence-electron chi connectivity index (χ0n) is 10.4. The molecule has 1 aromatic heterocycles. The van der Waals surface area contributed by atoms with E-state index < -0.39 is 0 Å². The predicted molar refractivity (Wildman–Crippen MR) is 73.2 cm³/mol. The topological polar surface area (TPSA) is 60.1 Å². The molecule has 0 spiro atoms. The Bertz CT molecular complexity index is 518. The van der Waals surface area contributed by atoms with Gasteiger partial charge >= 0.3 is 0 Å². The summed E-state index contributed by atoms with van der Waals surface area (Å²) in [4.78, 5) is 11.2. The van der Waals surface area contributed by atoms with Crippen molar-refractivity contribution in [3.05, 3.63) is 36.5 Å². The molecule has 4 heteroatoms. The van der Waals surface area contributed by atoms with Gasteiger partial charge in [0.2, 0.25) is 5.91 Å². The Hall–Kier alpha value is -1.81. The van der Waals surface area contributed by atoms with Gasteiger partial charge in [-0.1, -0.05) is 18.2 Å². The Morgan fingerprint density at radius 1 is 1.28 bits per heavy atom. The Kier molecular flexibility index (Phi) is 4.36. The lowest BCUT2D eigenvalue weighted by molar-refractivity contribution is -0.120. The van der Waals surface area contributed by atoms with Crippen LogP contribution in [0.1, 0.15) is 12.8 Å². The second kappa shape index (κ2) is 6.21. The lowest BCUT2D eigenvalue weighted by Crippen LogP contribution is -2.27. The second-order valence-corrected chi connectivity index (χ2v) is 4.31. The van der Waals surface area contributed by atoms with E-state index in [1.807, 2.05) is 12.1 Å². The van der Waals surface area contributed by atoms with Crippen molar-refractivity contribution in [3.8, 4) is 0 Å². The molecule has 0 saturated heterocycles. The highest BCUT2D eigenvalue weighted by Crippen LogP contribution is 2.15. The number of fused-ring (bicyclic) bond motifs is 1. The van der Waals surface area contributed by atoms with E-state index in [1.165, 1.54) is 10.9 Å². The number of carbonyl (C=O) groups is 1. The number of amides is 1. The fraction of sp³-hybridized carbons (Fsp3) is 0.357. The van der Waals surface area contributed by atoms with Crippen LogP contribution in [-0.2, 0) is 11.3 Å². The van der Waals surface area contributed by atoms with Gasteiger partial charge in [-0.25, -0.2) is 0 Å². The summed E-state index contributed by atoms with van der Waals surface area (Å²) in [7, 11) is 0. The molecule has 0 atom stereocenters. The number of aryl methyl sites for hydroxylation is 1. The van der Waals surface area contributed by atoms with Crippen LogP contribution in [-0.4, -0.2) is 23.6 Å². The first kappa shape index (κ1) is 12.6. The van der Waals surface area contributed by atoms with Crippen LogP contribution in [0.2, 0.25) is 0 Å². The van der Waals surface area contributed by atoms with Gasteiger partial charge in [0.05, 0.1) is 0 Å². The number of para-hydroxylation sites is 1. The molecule has 0 radical (unpaired) electrons. The van der Waals surface area contributed by atoms with Crippen molar-refractivity contribution >= 4 is 16.8 Å². The Labute approximate surface area is 107 Å². The summed E-state index contributed by atoms with van der Waals surface area (Å²) in [6, 6.07) is 10.4. The minimum Gasteiger partial charge on any atom is -0.356 e. The molecule has 3 N–H and O–H groups in total. The van der Waals surface area contributed by atoms with Crippen molar-refractivity contribution in [2.24, 2.45) is 5.73 Å². The number of nitrogens with zero attached hydrogens (tertiary/aromatic N) is 1. The number of rotatable bonds is 6. The number of hydrogen-bond donors (Lipinski definition) is 2. The minimum atomic E-state index is 0.0369. The maximum Gasteiger partial charge on any atom is 0.221 e. The number of hydrogen-bond acceptors (Lipinski definition) is 2. The first-order valence-electron chi connectivity index (χ1n) is 6.32. The van der Waals surface area contributed by atoms with Gasteiger partial charge < -0.3 is 15.6 Å². The molecule has 1 amide bonds. The molecule has 18 heavy (non-hydrogen) atoms. The molecule has 96 valence electrons. The molecule has 1 aromatic carbocycles. The monoisotopic (exact) mass is 245 g/mol. The summed E-state index contributed by atoms with van der Waals surface area (Å²) in [6.07, 6.45) is 3.42. The van der Waals surface area contributed by atoms with Crippen molar-refractivity contribution in [1.29, 1.82) is 0 Å². The summed E-state index contributed by atoms with van der Waals surface area (Å²) in [5.74, 6) is 0.0369. The van der Waals surface area contributed by atoms with E-state index in [-0.39, 0.29) is 5.91 Å². The summed E-state index contributed by atoms with van der Waals surface area (Å²) in [5, 5.41) is 4.12. The molecular formula is C14H19N3O. The van der Waals surface area contributed by atoms with Gasteiger partial charge in [-0.15, -0.1) is 0 Å². The molecule has 4 nitrogen and oxygen atoms in total. The molecular weight excluding hydrogens is 226 g/mol. The molecule has 0 unspecified atom stereocenters. The van der Waals surface area contributed by atoms with Crippen LogP contribution in [0.5, 0.6) is 0 Å². The SMILES string of the molecule is NCCC(=O)NCCCn1ccc2ccccc21. The molecule has 0 aliphatic heterocycles. The number of nitrogens with one attached hydrogen (secondary N) is 1. The van der Waals surface area contributed by atoms with Crippen molar-refractivity contribution in [2.45, 2.75) is 19.4 Å². The zero-order chi connectivity index (χ0) is 12.8. The lowest BCUT2D eigenvalue weighted by atomic mass is 10.2. The number of aromatic nitrogens is 1. The van der Waals surface area contributed by atoms with Crippen LogP contribution in [0.15, 0.2) is 36.5 Å². The number of nitrogens with two attached hydrogens (primary N) is 1. The minimum absolute atomic E-state index is 0.0369. The second-order valence-electron chi connectivity index (χ2n) is 4.31. The highest BCUT2D eigenvalue weighted by molar-refractivity contribution is 5.79. The van der Waals surface area contributed by atoms with Crippen LogP contribution in [0, 0.1) is 0 Å². The first-order valence-corrected chi connectivity index (χ1v) is 6.32. The van der Waals surface area contributed by atoms with Crippen LogP contribution in [0.25, 0.3) is 10.9 Å². The molecule has 0 aliphatic carbocycles.